The van der Waals surface area contributed by atoms with Gasteiger partial charge in [-0.15, -0.1) is 11.3 Å². The predicted octanol–water partition coefficient (Wildman–Crippen LogP) is 3.15. The molecule has 0 aliphatic carbocycles. The molecular weight excluding hydrogens is 400 g/mol. The van der Waals surface area contributed by atoms with Crippen molar-refractivity contribution < 1.29 is 14.4 Å². The van der Waals surface area contributed by atoms with Crippen LogP contribution < -0.4 is 5.32 Å². The third-order valence-electron chi connectivity index (χ3n) is 6.29. The zero-order chi connectivity index (χ0) is 21.9. The molecule has 4 amide bonds. The van der Waals surface area contributed by atoms with Crippen molar-refractivity contribution in [2.75, 3.05) is 19.6 Å². The summed E-state index contributed by atoms with van der Waals surface area (Å²) in [6.45, 7) is 9.56. The number of nitrogens with zero attached hydrogens (tertiary/aromatic N) is 3. The van der Waals surface area contributed by atoms with Crippen LogP contribution >= 0.6 is 11.3 Å². The summed E-state index contributed by atoms with van der Waals surface area (Å²) in [5, 5.41) is 3.02. The number of hydrogen-bond acceptors (Lipinski definition) is 5. The smallest absolute Gasteiger partial charge is 0.325 e. The number of carbonyl (C=O) groups excluding carboxylic acids is 3. The maximum atomic E-state index is 13.3. The van der Waals surface area contributed by atoms with Crippen LogP contribution in [0.25, 0.3) is 0 Å². The fourth-order valence-electron chi connectivity index (χ4n) is 4.41. The molecule has 7 nitrogen and oxygen atoms in total. The van der Waals surface area contributed by atoms with Crippen LogP contribution in [0.2, 0.25) is 0 Å². The number of rotatable bonds is 7. The van der Waals surface area contributed by atoms with Gasteiger partial charge in [-0.1, -0.05) is 26.8 Å². The predicted molar refractivity (Wildman–Crippen MR) is 117 cm³/mol. The van der Waals surface area contributed by atoms with Gasteiger partial charge in [0.2, 0.25) is 5.91 Å². The number of urea groups is 1. The molecule has 3 heterocycles. The molecule has 2 fully saturated rings. The lowest BCUT2D eigenvalue weighted by Crippen LogP contribution is -2.56. The van der Waals surface area contributed by atoms with Crippen molar-refractivity contribution in [3.05, 3.63) is 28.2 Å². The Balaban J connectivity index is 1.64. The molecule has 8 heteroatoms. The van der Waals surface area contributed by atoms with Crippen molar-refractivity contribution in [3.8, 4) is 0 Å². The molecule has 1 aromatic heterocycles. The summed E-state index contributed by atoms with van der Waals surface area (Å²) in [5.74, 6) is 0.269. The van der Waals surface area contributed by atoms with Crippen molar-refractivity contribution in [1.29, 1.82) is 0 Å². The summed E-state index contributed by atoms with van der Waals surface area (Å²) in [7, 11) is 0. The van der Waals surface area contributed by atoms with Gasteiger partial charge in [0.15, 0.2) is 0 Å². The number of nitrogens with one attached hydrogen (secondary N) is 1. The van der Waals surface area contributed by atoms with Crippen LogP contribution in [0.5, 0.6) is 0 Å². The minimum Gasteiger partial charge on any atom is -0.339 e. The Morgan fingerprint density at radius 3 is 2.63 bits per heavy atom. The van der Waals surface area contributed by atoms with Crippen molar-refractivity contribution in [1.82, 2.24) is 20.1 Å². The van der Waals surface area contributed by atoms with E-state index in [9.17, 15) is 14.4 Å². The Hall–Kier alpha value is -2.22. The SMILES string of the molecule is CCC1(C2CCN(C(=O)/C=C/C(C)C)CC2)NC(=O)N(CCc2scnc2C)C1=O. The average molecular weight is 433 g/mol. The van der Waals surface area contributed by atoms with Crippen molar-refractivity contribution in [2.45, 2.75) is 58.9 Å². The van der Waals surface area contributed by atoms with Crippen LogP contribution in [0.1, 0.15) is 50.6 Å². The number of aryl methyl sites for hydroxylation is 1. The molecule has 164 valence electrons. The molecule has 3 rings (SSSR count). The fraction of sp³-hybridized carbons (Fsp3) is 0.636. The van der Waals surface area contributed by atoms with E-state index in [0.29, 0.717) is 51.2 Å². The zero-order valence-electron chi connectivity index (χ0n) is 18.3. The van der Waals surface area contributed by atoms with E-state index in [1.165, 1.54) is 4.90 Å². The lowest BCUT2D eigenvalue weighted by molar-refractivity contribution is -0.135. The molecule has 2 aliphatic rings. The number of allylic oxidation sites excluding steroid dienone is 1. The van der Waals surface area contributed by atoms with Gasteiger partial charge >= 0.3 is 6.03 Å². The Labute approximate surface area is 182 Å². The van der Waals surface area contributed by atoms with E-state index in [1.54, 1.807) is 22.9 Å². The maximum absolute atomic E-state index is 13.3. The largest absolute Gasteiger partial charge is 0.339 e. The number of thiazole rings is 1. The van der Waals surface area contributed by atoms with E-state index >= 15 is 0 Å². The first-order valence-electron chi connectivity index (χ1n) is 10.8. The van der Waals surface area contributed by atoms with Gasteiger partial charge in [-0.3, -0.25) is 14.5 Å². The number of amides is 4. The van der Waals surface area contributed by atoms with Crippen LogP contribution in [0, 0.1) is 18.8 Å². The molecule has 1 aromatic rings. The normalized spacial score (nSPS) is 23.1. The van der Waals surface area contributed by atoms with Crippen LogP contribution in [-0.4, -0.2) is 57.8 Å². The van der Waals surface area contributed by atoms with Crippen LogP contribution in [0.4, 0.5) is 4.79 Å². The molecule has 2 saturated heterocycles. The highest BCUT2D eigenvalue weighted by Gasteiger charge is 2.54. The Kier molecular flexibility index (Phi) is 6.95. The lowest BCUT2D eigenvalue weighted by Gasteiger charge is -2.40. The topological polar surface area (TPSA) is 82.6 Å². The van der Waals surface area contributed by atoms with Crippen LogP contribution in [0.15, 0.2) is 17.7 Å². The highest BCUT2D eigenvalue weighted by atomic mass is 32.1. The van der Waals surface area contributed by atoms with Gasteiger partial charge < -0.3 is 10.2 Å². The minimum atomic E-state index is -0.858. The molecule has 0 aromatic carbocycles. The number of piperidine rings is 1. The van der Waals surface area contributed by atoms with Gasteiger partial charge in [-0.2, -0.15) is 0 Å². The highest BCUT2D eigenvalue weighted by Crippen LogP contribution is 2.36. The summed E-state index contributed by atoms with van der Waals surface area (Å²) in [5.41, 5.74) is 1.89. The van der Waals surface area contributed by atoms with Crippen LogP contribution in [0.3, 0.4) is 0 Å². The molecule has 1 unspecified atom stereocenters. The second kappa shape index (κ2) is 9.29. The third kappa shape index (κ3) is 4.43. The van der Waals surface area contributed by atoms with E-state index in [1.807, 2.05) is 38.7 Å². The number of imide groups is 1. The van der Waals surface area contributed by atoms with Gasteiger partial charge in [0.05, 0.1) is 11.2 Å². The van der Waals surface area contributed by atoms with Gasteiger partial charge in [0.25, 0.3) is 5.91 Å². The quantitative estimate of drug-likeness (QED) is 0.530. The summed E-state index contributed by atoms with van der Waals surface area (Å²) >= 11 is 1.55. The molecule has 30 heavy (non-hydrogen) atoms. The van der Waals surface area contributed by atoms with E-state index in [2.05, 4.69) is 10.3 Å². The van der Waals surface area contributed by atoms with Crippen molar-refractivity contribution in [2.24, 2.45) is 11.8 Å². The van der Waals surface area contributed by atoms with E-state index in [0.717, 1.165) is 10.6 Å². The van der Waals surface area contributed by atoms with E-state index < -0.39 is 5.54 Å². The Morgan fingerprint density at radius 1 is 1.37 bits per heavy atom. The standard InChI is InChI=1S/C22H32N4O3S/c1-5-22(17-8-11-25(12-9-17)19(27)7-6-15(2)3)20(28)26(21(29)24-22)13-10-18-16(4)23-14-30-18/h6-7,14-15,17H,5,8-13H2,1-4H3,(H,24,29)/b7-6+. The molecule has 0 bridgehead atoms. The molecule has 0 spiro atoms. The number of likely N-dealkylation sites (tertiary alicyclic amines) is 1. The van der Waals surface area contributed by atoms with Gasteiger partial charge in [0, 0.05) is 30.9 Å². The lowest BCUT2D eigenvalue weighted by atomic mass is 9.75. The first-order valence-corrected chi connectivity index (χ1v) is 11.7. The Morgan fingerprint density at radius 2 is 2.07 bits per heavy atom. The number of hydrogen-bond donors (Lipinski definition) is 1. The summed E-state index contributed by atoms with van der Waals surface area (Å²) in [4.78, 5) is 46.9. The zero-order valence-corrected chi connectivity index (χ0v) is 19.1. The minimum absolute atomic E-state index is 0.0241. The van der Waals surface area contributed by atoms with E-state index in [-0.39, 0.29) is 23.8 Å². The molecule has 1 atom stereocenters. The summed E-state index contributed by atoms with van der Waals surface area (Å²) in [6.07, 6.45) is 6.16. The molecule has 1 N–H and O–H groups in total. The van der Waals surface area contributed by atoms with Gasteiger partial charge in [0.1, 0.15) is 5.54 Å². The van der Waals surface area contributed by atoms with E-state index in [4.69, 9.17) is 0 Å². The first kappa shape index (κ1) is 22.5. The van der Waals surface area contributed by atoms with Crippen molar-refractivity contribution in [3.63, 3.8) is 0 Å². The van der Waals surface area contributed by atoms with Crippen LogP contribution in [-0.2, 0) is 16.0 Å². The number of carbonyl (C=O) groups is 3. The summed E-state index contributed by atoms with van der Waals surface area (Å²) in [6, 6.07) is -0.303. The molecule has 0 saturated carbocycles. The molecule has 0 radical (unpaired) electrons. The maximum Gasteiger partial charge on any atom is 0.325 e. The van der Waals surface area contributed by atoms with Gasteiger partial charge in [-0.25, -0.2) is 9.78 Å². The molecule has 2 aliphatic heterocycles. The highest BCUT2D eigenvalue weighted by molar-refractivity contribution is 7.09. The third-order valence-corrected chi connectivity index (χ3v) is 7.29. The monoisotopic (exact) mass is 432 g/mol. The second-order valence-corrected chi connectivity index (χ2v) is 9.46. The first-order chi connectivity index (χ1) is 14.3. The van der Waals surface area contributed by atoms with Crippen molar-refractivity contribution >= 4 is 29.2 Å². The molecular formula is C22H32N4O3S. The van der Waals surface area contributed by atoms with Gasteiger partial charge in [-0.05, 0) is 44.1 Å². The average Bonchev–Trinajstić information content (AvgIpc) is 3.25. The number of aromatic nitrogens is 1. The summed E-state index contributed by atoms with van der Waals surface area (Å²) < 4.78 is 0. The Bertz CT molecular complexity index is 826. The second-order valence-electron chi connectivity index (χ2n) is 8.53. The fourth-order valence-corrected chi connectivity index (χ4v) is 5.18.